The lowest BCUT2D eigenvalue weighted by Crippen LogP contribution is -2.50. The van der Waals surface area contributed by atoms with Crippen molar-refractivity contribution in [2.45, 2.75) is 43.8 Å². The Bertz CT molecular complexity index is 918. The van der Waals surface area contributed by atoms with Crippen LogP contribution in [0, 0.1) is 11.6 Å². The number of aliphatic hydroxyl groups excluding tert-OH is 1. The number of alkyl halides is 3. The summed E-state index contributed by atoms with van der Waals surface area (Å²) >= 11 is 0. The van der Waals surface area contributed by atoms with Gasteiger partial charge in [0.2, 0.25) is 0 Å². The van der Waals surface area contributed by atoms with Crippen molar-refractivity contribution in [1.29, 1.82) is 0 Å². The summed E-state index contributed by atoms with van der Waals surface area (Å²) in [6.45, 7) is 4.35. The molecule has 0 amide bonds. The van der Waals surface area contributed by atoms with Crippen LogP contribution in [0.3, 0.4) is 0 Å². The summed E-state index contributed by atoms with van der Waals surface area (Å²) in [6.07, 6.45) is -4.14. The first-order valence-corrected chi connectivity index (χ1v) is 9.92. The molecule has 2 aromatic rings. The Morgan fingerprint density at radius 3 is 2.30 bits per heavy atom. The van der Waals surface area contributed by atoms with E-state index in [1.807, 2.05) is 0 Å². The highest BCUT2D eigenvalue weighted by Gasteiger charge is 2.42. The molecule has 2 N–H and O–H groups in total. The van der Waals surface area contributed by atoms with Crippen LogP contribution >= 0.6 is 0 Å². The second-order valence-electron chi connectivity index (χ2n) is 7.39. The molecule has 166 valence electrons. The number of rotatable bonds is 7. The standard InChI is InChI=1S/C19H21F5N2O3S/c1-17(2,3)30(28)26-18(8-10-27,16-13(20)5-4-9-25-16)12-6-7-15(14(21)11-12)29-19(22,23)24/h4-7,9,11,26-27H,8,10H2,1-3H3/t18-,30?/m0/s1. The Morgan fingerprint density at radius 2 is 1.80 bits per heavy atom. The molecule has 0 aliphatic heterocycles. The maximum absolute atomic E-state index is 14.7. The van der Waals surface area contributed by atoms with E-state index in [0.717, 1.165) is 18.2 Å². The van der Waals surface area contributed by atoms with Gasteiger partial charge in [-0.15, -0.1) is 13.2 Å². The van der Waals surface area contributed by atoms with Crippen molar-refractivity contribution in [2.24, 2.45) is 0 Å². The average molecular weight is 452 g/mol. The number of nitrogens with zero attached hydrogens (tertiary/aromatic N) is 1. The summed E-state index contributed by atoms with van der Waals surface area (Å²) in [6, 6.07) is 4.89. The topological polar surface area (TPSA) is 71.5 Å². The van der Waals surface area contributed by atoms with E-state index in [1.54, 1.807) is 20.8 Å². The van der Waals surface area contributed by atoms with Crippen LogP contribution in [0.4, 0.5) is 22.0 Å². The fourth-order valence-corrected chi connectivity index (χ4v) is 3.65. The summed E-state index contributed by atoms with van der Waals surface area (Å²) in [5.41, 5.74) is -2.17. The summed E-state index contributed by atoms with van der Waals surface area (Å²) < 4.78 is 84.9. The van der Waals surface area contributed by atoms with Crippen molar-refractivity contribution in [3.05, 3.63) is 59.4 Å². The van der Waals surface area contributed by atoms with Gasteiger partial charge >= 0.3 is 6.36 Å². The SMILES string of the molecule is CC(C)(C)S(=O)N[C@@](CCO)(c1ccc(OC(F)(F)F)c(F)c1)c1ncccc1F. The maximum Gasteiger partial charge on any atom is 0.573 e. The molecule has 2 atom stereocenters. The first-order chi connectivity index (χ1) is 13.8. The van der Waals surface area contributed by atoms with Crippen LogP contribution < -0.4 is 9.46 Å². The highest BCUT2D eigenvalue weighted by molar-refractivity contribution is 7.84. The van der Waals surface area contributed by atoms with Crippen molar-refractivity contribution < 1.29 is 36.0 Å². The Hall–Kier alpha value is -2.11. The Balaban J connectivity index is 2.70. The van der Waals surface area contributed by atoms with Crippen LogP contribution in [0.5, 0.6) is 5.75 Å². The fraction of sp³-hybridized carbons (Fsp3) is 0.421. The van der Waals surface area contributed by atoms with E-state index in [9.17, 15) is 31.3 Å². The predicted octanol–water partition coefficient (Wildman–Crippen LogP) is 3.94. The Kier molecular flexibility index (Phi) is 7.20. The number of pyridine rings is 1. The molecule has 0 fully saturated rings. The zero-order valence-corrected chi connectivity index (χ0v) is 17.2. The van der Waals surface area contributed by atoms with Crippen molar-refractivity contribution >= 4 is 11.0 Å². The zero-order valence-electron chi connectivity index (χ0n) is 16.4. The number of nitrogens with one attached hydrogen (secondary N) is 1. The molecule has 0 spiro atoms. The molecule has 1 aromatic carbocycles. The zero-order chi connectivity index (χ0) is 22.7. The van der Waals surface area contributed by atoms with Crippen LogP contribution in [0.15, 0.2) is 36.5 Å². The first kappa shape index (κ1) is 24.2. The molecule has 1 heterocycles. The molecule has 0 bridgehead atoms. The van der Waals surface area contributed by atoms with Crippen molar-refractivity contribution in [3.63, 3.8) is 0 Å². The predicted molar refractivity (Wildman–Crippen MR) is 101 cm³/mol. The van der Waals surface area contributed by atoms with E-state index in [-0.39, 0.29) is 17.7 Å². The second-order valence-corrected chi connectivity index (χ2v) is 9.36. The molecule has 0 saturated carbocycles. The van der Waals surface area contributed by atoms with Gasteiger partial charge in [0.05, 0.1) is 15.7 Å². The summed E-state index contributed by atoms with van der Waals surface area (Å²) in [5, 5.41) is 9.65. The van der Waals surface area contributed by atoms with Crippen molar-refractivity contribution in [1.82, 2.24) is 9.71 Å². The third kappa shape index (κ3) is 5.52. The van der Waals surface area contributed by atoms with Crippen LogP contribution in [-0.2, 0) is 16.5 Å². The van der Waals surface area contributed by atoms with Crippen LogP contribution in [0.25, 0.3) is 0 Å². The second kappa shape index (κ2) is 8.94. The fourth-order valence-electron chi connectivity index (χ4n) is 2.71. The molecule has 2 rings (SSSR count). The number of aromatic nitrogens is 1. The molecule has 0 aliphatic rings. The molecule has 0 saturated heterocycles. The van der Waals surface area contributed by atoms with Gasteiger partial charge in [-0.05, 0) is 57.0 Å². The highest BCUT2D eigenvalue weighted by atomic mass is 32.2. The molecular formula is C19H21F5N2O3S. The van der Waals surface area contributed by atoms with E-state index in [1.165, 1.54) is 12.3 Å². The largest absolute Gasteiger partial charge is 0.573 e. The Labute approximate surface area is 172 Å². The molecule has 11 heteroatoms. The highest BCUT2D eigenvalue weighted by Crippen LogP contribution is 2.37. The van der Waals surface area contributed by atoms with Crippen molar-refractivity contribution in [3.8, 4) is 5.75 Å². The molecule has 1 aromatic heterocycles. The van der Waals surface area contributed by atoms with E-state index < -0.39 is 51.6 Å². The normalized spacial score (nSPS) is 15.5. The van der Waals surface area contributed by atoms with E-state index >= 15 is 0 Å². The smallest absolute Gasteiger partial charge is 0.403 e. The minimum atomic E-state index is -5.11. The lowest BCUT2D eigenvalue weighted by atomic mass is 9.84. The number of halogens is 5. The molecule has 30 heavy (non-hydrogen) atoms. The van der Waals surface area contributed by atoms with Gasteiger partial charge in [-0.25, -0.2) is 17.7 Å². The third-order valence-corrected chi connectivity index (χ3v) is 5.77. The average Bonchev–Trinajstić information content (AvgIpc) is 2.61. The third-order valence-electron chi connectivity index (χ3n) is 4.12. The maximum atomic E-state index is 14.7. The van der Waals surface area contributed by atoms with Gasteiger partial charge in [0.1, 0.15) is 17.1 Å². The van der Waals surface area contributed by atoms with Gasteiger partial charge in [0, 0.05) is 12.8 Å². The molecule has 0 aliphatic carbocycles. The molecule has 5 nitrogen and oxygen atoms in total. The number of hydrogen-bond donors (Lipinski definition) is 2. The van der Waals surface area contributed by atoms with Crippen LogP contribution in [0.1, 0.15) is 38.4 Å². The summed E-state index contributed by atoms with van der Waals surface area (Å²) in [5.74, 6) is -3.28. The molecular weight excluding hydrogens is 431 g/mol. The first-order valence-electron chi connectivity index (χ1n) is 8.77. The lowest BCUT2D eigenvalue weighted by molar-refractivity contribution is -0.275. The summed E-state index contributed by atoms with van der Waals surface area (Å²) in [7, 11) is -1.85. The van der Waals surface area contributed by atoms with Gasteiger partial charge in [-0.2, -0.15) is 0 Å². The minimum absolute atomic E-state index is 0.0845. The number of aliphatic hydroxyl groups is 1. The number of benzene rings is 1. The van der Waals surface area contributed by atoms with Crippen LogP contribution in [-0.4, -0.2) is 32.0 Å². The van der Waals surface area contributed by atoms with Crippen molar-refractivity contribution in [2.75, 3.05) is 6.61 Å². The minimum Gasteiger partial charge on any atom is -0.403 e. The van der Waals surface area contributed by atoms with Gasteiger partial charge in [0.15, 0.2) is 11.6 Å². The van der Waals surface area contributed by atoms with E-state index in [4.69, 9.17) is 0 Å². The van der Waals surface area contributed by atoms with Gasteiger partial charge in [-0.3, -0.25) is 4.98 Å². The van der Waals surface area contributed by atoms with E-state index in [0.29, 0.717) is 6.07 Å². The monoisotopic (exact) mass is 452 g/mol. The molecule has 1 unspecified atom stereocenters. The van der Waals surface area contributed by atoms with Gasteiger partial charge in [-0.1, -0.05) is 6.07 Å². The quantitative estimate of drug-likeness (QED) is 0.625. The summed E-state index contributed by atoms with van der Waals surface area (Å²) in [4.78, 5) is 3.98. The Morgan fingerprint density at radius 1 is 1.13 bits per heavy atom. The number of ether oxygens (including phenoxy) is 1. The number of hydrogen-bond acceptors (Lipinski definition) is 4. The van der Waals surface area contributed by atoms with Crippen LogP contribution in [0.2, 0.25) is 0 Å². The van der Waals surface area contributed by atoms with Gasteiger partial charge < -0.3 is 9.84 Å². The lowest BCUT2D eigenvalue weighted by Gasteiger charge is -2.36. The van der Waals surface area contributed by atoms with E-state index in [2.05, 4.69) is 14.4 Å². The van der Waals surface area contributed by atoms with Gasteiger partial charge in [0.25, 0.3) is 0 Å². The molecule has 0 radical (unpaired) electrons.